The molecule has 0 bridgehead atoms. The van der Waals surface area contributed by atoms with E-state index in [0.717, 1.165) is 25.8 Å². The van der Waals surface area contributed by atoms with Crippen molar-refractivity contribution in [3.63, 3.8) is 0 Å². The van der Waals surface area contributed by atoms with E-state index in [1.165, 1.54) is 5.56 Å². The highest BCUT2D eigenvalue weighted by Gasteiger charge is 2.39. The molecule has 4 nitrogen and oxygen atoms in total. The van der Waals surface area contributed by atoms with Gasteiger partial charge in [-0.15, -0.1) is 0 Å². The topological polar surface area (TPSA) is 57.6 Å². The summed E-state index contributed by atoms with van der Waals surface area (Å²) in [6.07, 6.45) is 3.95. The minimum absolute atomic E-state index is 0.0877. The number of likely N-dealkylation sites (tertiary alicyclic amines) is 1. The van der Waals surface area contributed by atoms with E-state index in [4.69, 9.17) is 5.11 Å². The molecular weight excluding hydrogens is 274 g/mol. The fourth-order valence-corrected chi connectivity index (χ4v) is 4.21. The summed E-state index contributed by atoms with van der Waals surface area (Å²) in [5.74, 6) is -1.000. The molecule has 1 aliphatic heterocycles. The summed E-state index contributed by atoms with van der Waals surface area (Å²) in [6.45, 7) is 0.813. The van der Waals surface area contributed by atoms with E-state index in [9.17, 15) is 9.59 Å². The standard InChI is InChI=1S/C15H19NO3S/c17-14(10-3-4-11(8-10)15(18)19)16-6-1-2-13(16)12-5-7-20-9-12/h5,7,9-11,13H,1-4,6,8H2,(H,18,19). The van der Waals surface area contributed by atoms with Crippen LogP contribution in [0, 0.1) is 11.8 Å². The molecule has 2 aliphatic rings. The van der Waals surface area contributed by atoms with Crippen molar-refractivity contribution in [2.45, 2.75) is 38.1 Å². The number of carboxylic acids is 1. The quantitative estimate of drug-likeness (QED) is 0.932. The van der Waals surface area contributed by atoms with Crippen LogP contribution in [0.5, 0.6) is 0 Å². The average Bonchev–Trinajstić information content (AvgIpc) is 3.17. The Kier molecular flexibility index (Phi) is 3.78. The maximum absolute atomic E-state index is 12.7. The number of rotatable bonds is 3. The van der Waals surface area contributed by atoms with E-state index in [1.54, 1.807) is 11.3 Å². The number of hydrogen-bond acceptors (Lipinski definition) is 3. The molecule has 1 saturated carbocycles. The molecule has 1 saturated heterocycles. The lowest BCUT2D eigenvalue weighted by Gasteiger charge is -2.27. The highest BCUT2D eigenvalue weighted by Crippen LogP contribution is 2.38. The Morgan fingerprint density at radius 3 is 2.70 bits per heavy atom. The lowest BCUT2D eigenvalue weighted by Crippen LogP contribution is -2.35. The van der Waals surface area contributed by atoms with Crippen LogP contribution in [0.1, 0.15) is 43.7 Å². The zero-order chi connectivity index (χ0) is 14.1. The second kappa shape index (κ2) is 5.56. The van der Waals surface area contributed by atoms with Crippen LogP contribution in [0.25, 0.3) is 0 Å². The molecule has 1 amide bonds. The molecule has 2 heterocycles. The van der Waals surface area contributed by atoms with Crippen LogP contribution in [-0.4, -0.2) is 28.4 Å². The van der Waals surface area contributed by atoms with Crippen molar-refractivity contribution in [3.8, 4) is 0 Å². The normalized spacial score (nSPS) is 29.8. The fourth-order valence-electron chi connectivity index (χ4n) is 3.51. The first kappa shape index (κ1) is 13.6. The Hall–Kier alpha value is -1.36. The van der Waals surface area contributed by atoms with Crippen LogP contribution < -0.4 is 0 Å². The molecule has 0 spiro atoms. The van der Waals surface area contributed by atoms with E-state index in [1.807, 2.05) is 10.3 Å². The molecule has 1 aromatic rings. The van der Waals surface area contributed by atoms with Crippen LogP contribution in [-0.2, 0) is 9.59 Å². The molecule has 3 rings (SSSR count). The average molecular weight is 293 g/mol. The Labute approximate surface area is 122 Å². The number of carbonyl (C=O) groups is 2. The van der Waals surface area contributed by atoms with E-state index >= 15 is 0 Å². The Balaban J connectivity index is 1.69. The van der Waals surface area contributed by atoms with Crippen molar-refractivity contribution in [2.24, 2.45) is 11.8 Å². The molecule has 3 unspecified atom stereocenters. The van der Waals surface area contributed by atoms with E-state index in [0.29, 0.717) is 12.8 Å². The third-order valence-corrected chi connectivity index (χ3v) is 5.30. The summed E-state index contributed by atoms with van der Waals surface area (Å²) >= 11 is 1.66. The van der Waals surface area contributed by atoms with Gasteiger partial charge in [0.05, 0.1) is 12.0 Å². The van der Waals surface area contributed by atoms with Crippen LogP contribution in [0.3, 0.4) is 0 Å². The van der Waals surface area contributed by atoms with Gasteiger partial charge in [-0.05, 0) is 54.5 Å². The monoisotopic (exact) mass is 293 g/mol. The minimum Gasteiger partial charge on any atom is -0.481 e. The predicted octanol–water partition coefficient (Wildman–Crippen LogP) is 2.91. The first-order chi connectivity index (χ1) is 9.66. The molecule has 1 aliphatic carbocycles. The number of aliphatic carboxylic acids is 1. The molecular formula is C15H19NO3S. The number of nitrogens with zero attached hydrogens (tertiary/aromatic N) is 1. The lowest BCUT2D eigenvalue weighted by molar-refractivity contribution is -0.141. The number of amides is 1. The van der Waals surface area contributed by atoms with Crippen LogP contribution in [0.2, 0.25) is 0 Å². The van der Waals surface area contributed by atoms with Gasteiger partial charge in [-0.3, -0.25) is 9.59 Å². The zero-order valence-corrected chi connectivity index (χ0v) is 12.1. The molecule has 3 atom stereocenters. The van der Waals surface area contributed by atoms with Crippen molar-refractivity contribution < 1.29 is 14.7 Å². The Bertz CT molecular complexity index is 499. The largest absolute Gasteiger partial charge is 0.481 e. The summed E-state index contributed by atoms with van der Waals surface area (Å²) < 4.78 is 0. The number of carbonyl (C=O) groups excluding carboxylic acids is 1. The molecule has 108 valence electrons. The molecule has 2 fully saturated rings. The highest BCUT2D eigenvalue weighted by molar-refractivity contribution is 7.07. The van der Waals surface area contributed by atoms with Gasteiger partial charge >= 0.3 is 5.97 Å². The molecule has 0 aromatic carbocycles. The second-order valence-electron chi connectivity index (χ2n) is 5.79. The Morgan fingerprint density at radius 2 is 2.05 bits per heavy atom. The van der Waals surface area contributed by atoms with Crippen LogP contribution in [0.4, 0.5) is 0 Å². The van der Waals surface area contributed by atoms with E-state index in [2.05, 4.69) is 11.4 Å². The summed E-state index contributed by atoms with van der Waals surface area (Å²) in [5.41, 5.74) is 1.23. The lowest BCUT2D eigenvalue weighted by atomic mass is 10.0. The third-order valence-electron chi connectivity index (χ3n) is 4.59. The van der Waals surface area contributed by atoms with Gasteiger partial charge in [0.2, 0.25) is 5.91 Å². The smallest absolute Gasteiger partial charge is 0.306 e. The van der Waals surface area contributed by atoms with Gasteiger partial charge in [-0.2, -0.15) is 11.3 Å². The molecule has 1 aromatic heterocycles. The van der Waals surface area contributed by atoms with Gasteiger partial charge < -0.3 is 10.0 Å². The summed E-state index contributed by atoms with van der Waals surface area (Å²) in [7, 11) is 0. The van der Waals surface area contributed by atoms with Gasteiger partial charge in [-0.1, -0.05) is 0 Å². The van der Waals surface area contributed by atoms with Crippen molar-refractivity contribution >= 4 is 23.2 Å². The maximum Gasteiger partial charge on any atom is 0.306 e. The van der Waals surface area contributed by atoms with Crippen LogP contribution >= 0.6 is 11.3 Å². The fraction of sp³-hybridized carbons (Fsp3) is 0.600. The summed E-state index contributed by atoms with van der Waals surface area (Å²) in [4.78, 5) is 25.7. The molecule has 20 heavy (non-hydrogen) atoms. The predicted molar refractivity (Wildman–Crippen MR) is 76.5 cm³/mol. The first-order valence-electron chi connectivity index (χ1n) is 7.22. The summed E-state index contributed by atoms with van der Waals surface area (Å²) in [6, 6.07) is 2.30. The maximum atomic E-state index is 12.7. The van der Waals surface area contributed by atoms with Crippen molar-refractivity contribution in [3.05, 3.63) is 22.4 Å². The van der Waals surface area contributed by atoms with Crippen molar-refractivity contribution in [1.82, 2.24) is 4.90 Å². The summed E-state index contributed by atoms with van der Waals surface area (Å²) in [5, 5.41) is 13.2. The van der Waals surface area contributed by atoms with Crippen molar-refractivity contribution in [1.29, 1.82) is 0 Å². The van der Waals surface area contributed by atoms with Gasteiger partial charge in [0.1, 0.15) is 0 Å². The first-order valence-corrected chi connectivity index (χ1v) is 8.16. The zero-order valence-electron chi connectivity index (χ0n) is 11.3. The van der Waals surface area contributed by atoms with Gasteiger partial charge in [0, 0.05) is 12.5 Å². The molecule has 5 heteroatoms. The minimum atomic E-state index is -0.754. The SMILES string of the molecule is O=C(O)C1CCC(C(=O)N2CCCC2c2ccsc2)C1. The Morgan fingerprint density at radius 1 is 1.25 bits per heavy atom. The van der Waals surface area contributed by atoms with E-state index < -0.39 is 5.97 Å². The van der Waals surface area contributed by atoms with Gasteiger partial charge in [0.25, 0.3) is 0 Å². The number of thiophene rings is 1. The number of hydrogen-bond donors (Lipinski definition) is 1. The molecule has 1 N–H and O–H groups in total. The highest BCUT2D eigenvalue weighted by atomic mass is 32.1. The van der Waals surface area contributed by atoms with Crippen molar-refractivity contribution in [2.75, 3.05) is 6.54 Å². The van der Waals surface area contributed by atoms with Gasteiger partial charge in [0.15, 0.2) is 0 Å². The third kappa shape index (κ3) is 2.46. The number of carboxylic acid groups (broad SMARTS) is 1. The molecule has 0 radical (unpaired) electrons. The van der Waals surface area contributed by atoms with Gasteiger partial charge in [-0.25, -0.2) is 0 Å². The van der Waals surface area contributed by atoms with Crippen LogP contribution in [0.15, 0.2) is 16.8 Å². The second-order valence-corrected chi connectivity index (χ2v) is 6.57. The van der Waals surface area contributed by atoms with E-state index in [-0.39, 0.29) is 23.8 Å².